The molecule has 1 atom stereocenters. The van der Waals surface area contributed by atoms with Gasteiger partial charge in [-0.2, -0.15) is 0 Å². The van der Waals surface area contributed by atoms with E-state index in [1.807, 2.05) is 35.0 Å². The molecule has 0 saturated carbocycles. The molecule has 4 rings (SSSR count). The van der Waals surface area contributed by atoms with E-state index in [4.69, 9.17) is 0 Å². The average Bonchev–Trinajstić information content (AvgIpc) is 3.31. The number of hydrogen-bond donors (Lipinski definition) is 2. The SMILES string of the molecule is CNC(=O)c1ccnc2c([C@H](C)CNc3cc(-n4ccnc4)ncn3)cccc12. The van der Waals surface area contributed by atoms with Crippen molar-refractivity contribution >= 4 is 22.6 Å². The van der Waals surface area contributed by atoms with Crippen molar-refractivity contribution < 1.29 is 4.79 Å². The zero-order valence-electron chi connectivity index (χ0n) is 16.2. The van der Waals surface area contributed by atoms with Gasteiger partial charge in [0.2, 0.25) is 0 Å². The van der Waals surface area contributed by atoms with Crippen molar-refractivity contribution in [1.29, 1.82) is 0 Å². The third-order valence-corrected chi connectivity index (χ3v) is 4.82. The lowest BCUT2D eigenvalue weighted by Gasteiger charge is -2.16. The summed E-state index contributed by atoms with van der Waals surface area (Å²) in [7, 11) is 1.63. The van der Waals surface area contributed by atoms with Gasteiger partial charge < -0.3 is 10.6 Å². The van der Waals surface area contributed by atoms with Crippen molar-refractivity contribution in [2.24, 2.45) is 0 Å². The summed E-state index contributed by atoms with van der Waals surface area (Å²) in [5.41, 5.74) is 2.54. The van der Waals surface area contributed by atoms with Crippen LogP contribution < -0.4 is 10.6 Å². The monoisotopic (exact) mass is 387 g/mol. The predicted octanol–water partition coefficient (Wildman–Crippen LogP) is 2.79. The molecule has 146 valence electrons. The van der Waals surface area contributed by atoms with Crippen LogP contribution in [0.4, 0.5) is 5.82 Å². The maximum absolute atomic E-state index is 12.2. The van der Waals surface area contributed by atoms with E-state index in [1.54, 1.807) is 31.8 Å². The summed E-state index contributed by atoms with van der Waals surface area (Å²) in [6.07, 6.45) is 8.44. The van der Waals surface area contributed by atoms with Crippen LogP contribution in [0.3, 0.4) is 0 Å². The number of imidazole rings is 1. The van der Waals surface area contributed by atoms with Crippen molar-refractivity contribution in [1.82, 2.24) is 29.8 Å². The molecule has 0 bridgehead atoms. The van der Waals surface area contributed by atoms with Gasteiger partial charge in [-0.25, -0.2) is 15.0 Å². The van der Waals surface area contributed by atoms with E-state index in [9.17, 15) is 4.79 Å². The van der Waals surface area contributed by atoms with E-state index in [-0.39, 0.29) is 11.8 Å². The first-order chi connectivity index (χ1) is 14.2. The Balaban J connectivity index is 1.56. The minimum atomic E-state index is -0.117. The number of carbonyl (C=O) groups is 1. The largest absolute Gasteiger partial charge is 0.369 e. The molecule has 0 aliphatic heterocycles. The van der Waals surface area contributed by atoms with E-state index in [0.717, 1.165) is 28.1 Å². The number of rotatable bonds is 6. The molecule has 4 aromatic rings. The molecule has 0 radical (unpaired) electrons. The normalized spacial score (nSPS) is 11.9. The van der Waals surface area contributed by atoms with Crippen LogP contribution in [-0.4, -0.2) is 44.0 Å². The van der Waals surface area contributed by atoms with Crippen LogP contribution in [0.1, 0.15) is 28.8 Å². The molecule has 1 aromatic carbocycles. The van der Waals surface area contributed by atoms with Crippen LogP contribution in [0, 0.1) is 0 Å². The maximum atomic E-state index is 12.2. The quantitative estimate of drug-likeness (QED) is 0.528. The van der Waals surface area contributed by atoms with Crippen molar-refractivity contribution in [3.8, 4) is 5.82 Å². The van der Waals surface area contributed by atoms with Crippen LogP contribution in [-0.2, 0) is 0 Å². The maximum Gasteiger partial charge on any atom is 0.251 e. The molecule has 29 heavy (non-hydrogen) atoms. The molecule has 0 aliphatic rings. The number of hydrogen-bond acceptors (Lipinski definition) is 6. The summed E-state index contributed by atoms with van der Waals surface area (Å²) >= 11 is 0. The number of carbonyl (C=O) groups excluding carboxylic acids is 1. The van der Waals surface area contributed by atoms with Crippen LogP contribution >= 0.6 is 0 Å². The average molecular weight is 387 g/mol. The van der Waals surface area contributed by atoms with Crippen molar-refractivity contribution in [3.05, 3.63) is 72.7 Å². The summed E-state index contributed by atoms with van der Waals surface area (Å²) in [5.74, 6) is 1.51. The lowest BCUT2D eigenvalue weighted by molar-refractivity contribution is 0.0964. The lowest BCUT2D eigenvalue weighted by Crippen LogP contribution is -2.18. The molecule has 2 N–H and O–H groups in total. The van der Waals surface area contributed by atoms with Gasteiger partial charge in [0.05, 0.1) is 11.1 Å². The minimum absolute atomic E-state index is 0.117. The van der Waals surface area contributed by atoms with Gasteiger partial charge in [-0.05, 0) is 11.6 Å². The fraction of sp³-hybridized carbons (Fsp3) is 0.190. The highest BCUT2D eigenvalue weighted by atomic mass is 16.1. The van der Waals surface area contributed by atoms with Crippen LogP contribution in [0.25, 0.3) is 16.7 Å². The molecule has 0 aliphatic carbocycles. The second-order valence-electron chi connectivity index (χ2n) is 6.69. The summed E-state index contributed by atoms with van der Waals surface area (Å²) in [4.78, 5) is 29.3. The standard InChI is InChI=1S/C21H21N7O/c1-14(11-25-18-10-19(27-12-26-18)28-9-8-23-13-28)15-4-3-5-16-17(21(29)22-2)6-7-24-20(15)16/h3-10,12-14H,11H2,1-2H3,(H,22,29)(H,25,26,27)/t14-/m1/s1. The second kappa shape index (κ2) is 8.05. The fourth-order valence-corrected chi connectivity index (χ4v) is 3.28. The van der Waals surface area contributed by atoms with Gasteiger partial charge in [0.1, 0.15) is 24.3 Å². The third kappa shape index (κ3) is 3.77. The fourth-order valence-electron chi connectivity index (χ4n) is 3.28. The second-order valence-corrected chi connectivity index (χ2v) is 6.69. The topological polar surface area (TPSA) is 97.6 Å². The molecular formula is C21H21N7O. The summed E-state index contributed by atoms with van der Waals surface area (Å²) in [6, 6.07) is 9.56. The number of fused-ring (bicyclic) bond motifs is 1. The number of pyridine rings is 1. The molecule has 0 fully saturated rings. The Morgan fingerprint density at radius 2 is 2.07 bits per heavy atom. The molecule has 0 saturated heterocycles. The number of aromatic nitrogens is 5. The van der Waals surface area contributed by atoms with Gasteiger partial charge in [-0.1, -0.05) is 25.1 Å². The van der Waals surface area contributed by atoms with E-state index < -0.39 is 0 Å². The molecule has 0 unspecified atom stereocenters. The Hall–Kier alpha value is -3.81. The van der Waals surface area contributed by atoms with Gasteiger partial charge >= 0.3 is 0 Å². The number of amides is 1. The number of benzene rings is 1. The molecule has 3 aromatic heterocycles. The summed E-state index contributed by atoms with van der Waals surface area (Å²) in [5, 5.41) is 6.90. The minimum Gasteiger partial charge on any atom is -0.369 e. The van der Waals surface area contributed by atoms with Crippen molar-refractivity contribution in [2.75, 3.05) is 18.9 Å². The number of nitrogens with one attached hydrogen (secondary N) is 2. The highest BCUT2D eigenvalue weighted by Crippen LogP contribution is 2.26. The predicted molar refractivity (Wildman–Crippen MR) is 111 cm³/mol. The van der Waals surface area contributed by atoms with Gasteiger partial charge in [0, 0.05) is 49.6 Å². The van der Waals surface area contributed by atoms with Gasteiger partial charge in [-0.3, -0.25) is 14.3 Å². The number of nitrogens with zero attached hydrogens (tertiary/aromatic N) is 5. The Bertz CT molecular complexity index is 1140. The molecule has 8 heteroatoms. The zero-order valence-corrected chi connectivity index (χ0v) is 16.2. The van der Waals surface area contributed by atoms with E-state index in [2.05, 4.69) is 37.5 Å². The van der Waals surface area contributed by atoms with Gasteiger partial charge in [0.15, 0.2) is 0 Å². The van der Waals surface area contributed by atoms with Crippen molar-refractivity contribution in [3.63, 3.8) is 0 Å². The van der Waals surface area contributed by atoms with E-state index in [1.165, 1.54) is 6.33 Å². The van der Waals surface area contributed by atoms with Crippen molar-refractivity contribution in [2.45, 2.75) is 12.8 Å². The van der Waals surface area contributed by atoms with Crippen LogP contribution in [0.15, 0.2) is 61.6 Å². The van der Waals surface area contributed by atoms with Crippen LogP contribution in [0.2, 0.25) is 0 Å². The number of para-hydroxylation sites is 1. The van der Waals surface area contributed by atoms with Gasteiger partial charge in [0.25, 0.3) is 5.91 Å². The number of anilines is 1. The highest BCUT2D eigenvalue weighted by molar-refractivity contribution is 6.06. The molecule has 1 amide bonds. The first kappa shape index (κ1) is 18.5. The van der Waals surface area contributed by atoms with Gasteiger partial charge in [-0.15, -0.1) is 0 Å². The smallest absolute Gasteiger partial charge is 0.251 e. The summed E-state index contributed by atoms with van der Waals surface area (Å²) in [6.45, 7) is 2.78. The van der Waals surface area contributed by atoms with E-state index in [0.29, 0.717) is 12.1 Å². The molecule has 8 nitrogen and oxygen atoms in total. The highest BCUT2D eigenvalue weighted by Gasteiger charge is 2.15. The van der Waals surface area contributed by atoms with Crippen LogP contribution in [0.5, 0.6) is 0 Å². The Morgan fingerprint density at radius 3 is 2.86 bits per heavy atom. The third-order valence-electron chi connectivity index (χ3n) is 4.82. The Kier molecular flexibility index (Phi) is 5.15. The molecule has 3 heterocycles. The summed E-state index contributed by atoms with van der Waals surface area (Å²) < 4.78 is 1.82. The Labute approximate surface area is 168 Å². The first-order valence-electron chi connectivity index (χ1n) is 9.31. The lowest BCUT2D eigenvalue weighted by atomic mass is 9.96. The molecule has 0 spiro atoms. The first-order valence-corrected chi connectivity index (χ1v) is 9.31. The zero-order chi connectivity index (χ0) is 20.2. The Morgan fingerprint density at radius 1 is 1.17 bits per heavy atom. The molecular weight excluding hydrogens is 366 g/mol. The van der Waals surface area contributed by atoms with E-state index >= 15 is 0 Å².